The number of hydrogen-bond donors (Lipinski definition) is 0. The largest absolute Gasteiger partial charge is 0.206 e. The van der Waals surface area contributed by atoms with Crippen molar-refractivity contribution >= 4 is 0 Å². The minimum Gasteiger partial charge on any atom is -0.206 e. The molecule has 0 saturated carbocycles. The van der Waals surface area contributed by atoms with E-state index in [1.807, 2.05) is 31.2 Å². The predicted molar refractivity (Wildman–Crippen MR) is 172 cm³/mol. The number of benzene rings is 1. The topological polar surface area (TPSA) is 0 Å². The molecule has 2 rings (SSSR count). The molecule has 1 aromatic rings. The van der Waals surface area contributed by atoms with Crippen molar-refractivity contribution in [2.75, 3.05) is 0 Å². The van der Waals surface area contributed by atoms with Crippen LogP contribution >= 0.6 is 0 Å². The molecule has 1 aromatic carbocycles. The average Bonchev–Trinajstić information content (AvgIpc) is 2.83. The fraction of sp³-hybridized carbons (Fsp3) is 0.474. The second kappa shape index (κ2) is 13.6. The first-order valence-electron chi connectivity index (χ1n) is 14.6. The Hall–Kier alpha value is -2.67. The first kappa shape index (κ1) is 32.5. The van der Waals surface area contributed by atoms with Crippen LogP contribution in [0.4, 0.5) is 4.39 Å². The van der Waals surface area contributed by atoms with Crippen LogP contribution < -0.4 is 0 Å². The fourth-order valence-electron chi connectivity index (χ4n) is 6.30. The monoisotopic (exact) mass is 528 g/mol. The van der Waals surface area contributed by atoms with Gasteiger partial charge in [-0.1, -0.05) is 106 Å². The lowest BCUT2D eigenvalue weighted by atomic mass is 9.62. The summed E-state index contributed by atoms with van der Waals surface area (Å²) in [5.74, 6) is 0.329. The molecule has 0 spiro atoms. The Kier molecular flexibility index (Phi) is 11.3. The van der Waals surface area contributed by atoms with Gasteiger partial charge in [0.05, 0.1) is 0 Å². The smallest absolute Gasteiger partial charge is 0.129 e. The third-order valence-electron chi connectivity index (χ3n) is 8.54. The van der Waals surface area contributed by atoms with E-state index in [0.29, 0.717) is 5.56 Å². The Bertz CT molecular complexity index is 1220. The van der Waals surface area contributed by atoms with Crippen LogP contribution in [0.2, 0.25) is 0 Å². The molecule has 0 bridgehead atoms. The van der Waals surface area contributed by atoms with Gasteiger partial charge >= 0.3 is 0 Å². The van der Waals surface area contributed by atoms with Crippen LogP contribution in [-0.4, -0.2) is 0 Å². The van der Waals surface area contributed by atoms with Crippen LogP contribution in [-0.2, 0) is 0 Å². The van der Waals surface area contributed by atoms with Crippen LogP contribution in [0.3, 0.4) is 0 Å². The van der Waals surface area contributed by atoms with E-state index < -0.39 is 0 Å². The maximum Gasteiger partial charge on any atom is 0.129 e. The van der Waals surface area contributed by atoms with Gasteiger partial charge in [-0.15, -0.1) is 0 Å². The first-order chi connectivity index (χ1) is 18.1. The molecule has 0 N–H and O–H groups in total. The normalized spacial score (nSPS) is 21.6. The molecule has 1 aliphatic carbocycles. The van der Waals surface area contributed by atoms with E-state index in [1.54, 1.807) is 0 Å². The Balaban J connectivity index is 2.81. The molecule has 1 aliphatic rings. The third-order valence-corrected chi connectivity index (χ3v) is 8.54. The first-order valence-corrected chi connectivity index (χ1v) is 14.6. The quantitative estimate of drug-likeness (QED) is 0.209. The van der Waals surface area contributed by atoms with Gasteiger partial charge in [-0.25, -0.2) is 4.39 Å². The molecule has 0 heterocycles. The molecule has 0 aliphatic heterocycles. The number of rotatable bonds is 10. The zero-order valence-corrected chi connectivity index (χ0v) is 26.5. The van der Waals surface area contributed by atoms with Crippen LogP contribution in [0.1, 0.15) is 105 Å². The molecule has 1 heteroatoms. The summed E-state index contributed by atoms with van der Waals surface area (Å²) in [5.41, 5.74) is 11.7. The maximum atomic E-state index is 15.9. The molecule has 0 fully saturated rings. The van der Waals surface area contributed by atoms with Crippen molar-refractivity contribution in [2.45, 2.75) is 101 Å². The summed E-state index contributed by atoms with van der Waals surface area (Å²) in [6.07, 6.45) is 10.2. The second-order valence-corrected chi connectivity index (χ2v) is 13.0. The van der Waals surface area contributed by atoms with Crippen molar-refractivity contribution in [3.8, 4) is 0 Å². The van der Waals surface area contributed by atoms with Crippen molar-refractivity contribution in [1.29, 1.82) is 0 Å². The van der Waals surface area contributed by atoms with Gasteiger partial charge in [0.2, 0.25) is 0 Å². The summed E-state index contributed by atoms with van der Waals surface area (Å²) < 4.78 is 15.9. The highest BCUT2D eigenvalue weighted by Gasteiger charge is 2.39. The van der Waals surface area contributed by atoms with Gasteiger partial charge in [0.15, 0.2) is 0 Å². The Labute approximate surface area is 239 Å². The number of allylic oxidation sites excluding steroid dienone is 11. The van der Waals surface area contributed by atoms with E-state index >= 15 is 4.39 Å². The van der Waals surface area contributed by atoms with Gasteiger partial charge in [-0.05, 0) is 118 Å². The molecule has 3 atom stereocenters. The highest BCUT2D eigenvalue weighted by Crippen LogP contribution is 2.52. The molecule has 0 amide bonds. The molecular weight excluding hydrogens is 475 g/mol. The molecule has 0 saturated heterocycles. The molecule has 3 unspecified atom stereocenters. The van der Waals surface area contributed by atoms with Crippen LogP contribution in [0, 0.1) is 30.0 Å². The van der Waals surface area contributed by atoms with Crippen LogP contribution in [0.5, 0.6) is 0 Å². The van der Waals surface area contributed by atoms with E-state index in [0.717, 1.165) is 36.8 Å². The average molecular weight is 529 g/mol. The van der Waals surface area contributed by atoms with Crippen LogP contribution in [0.15, 0.2) is 101 Å². The molecule has 0 radical (unpaired) electrons. The molecule has 212 valence electrons. The SMILES string of the molecule is C=C/C(CC)=C(\C)C1=C(C)C(c2cccc(C)c2F)C(C/C(C)=C(/C=C\CC(C)(C)C)C(=C)C)C(C(=C)C)C1. The van der Waals surface area contributed by atoms with E-state index in [2.05, 4.69) is 94.2 Å². The van der Waals surface area contributed by atoms with Gasteiger partial charge in [-0.3, -0.25) is 0 Å². The summed E-state index contributed by atoms with van der Waals surface area (Å²) in [6.45, 7) is 34.6. The van der Waals surface area contributed by atoms with E-state index in [4.69, 9.17) is 0 Å². The molecule has 0 nitrogen and oxygen atoms in total. The summed E-state index contributed by atoms with van der Waals surface area (Å²) in [4.78, 5) is 0. The Morgan fingerprint density at radius 1 is 1.08 bits per heavy atom. The van der Waals surface area contributed by atoms with Gasteiger partial charge in [0.25, 0.3) is 0 Å². The van der Waals surface area contributed by atoms with Crippen molar-refractivity contribution in [3.63, 3.8) is 0 Å². The predicted octanol–water partition coefficient (Wildman–Crippen LogP) is 11.9. The van der Waals surface area contributed by atoms with Crippen molar-refractivity contribution in [3.05, 3.63) is 118 Å². The van der Waals surface area contributed by atoms with Gasteiger partial charge in [0.1, 0.15) is 5.82 Å². The molecule has 0 aromatic heterocycles. The summed E-state index contributed by atoms with van der Waals surface area (Å²) in [6, 6.07) is 5.87. The second-order valence-electron chi connectivity index (χ2n) is 13.0. The number of hydrogen-bond acceptors (Lipinski definition) is 0. The van der Waals surface area contributed by atoms with Crippen molar-refractivity contribution in [1.82, 2.24) is 0 Å². The Morgan fingerprint density at radius 3 is 2.23 bits per heavy atom. The minimum atomic E-state index is -0.0820. The van der Waals surface area contributed by atoms with Crippen molar-refractivity contribution in [2.24, 2.45) is 17.3 Å². The maximum absolute atomic E-state index is 15.9. The summed E-state index contributed by atoms with van der Waals surface area (Å²) >= 11 is 0. The van der Waals surface area contributed by atoms with E-state index in [-0.39, 0.29) is 29.0 Å². The van der Waals surface area contributed by atoms with Crippen molar-refractivity contribution < 1.29 is 4.39 Å². The standard InChI is InChI=1S/C38H53F/c1-14-30(15-2)28(9)34-23-33(25(5)6)35(36(29(34)10)32-19-16-18-26(7)37(32)39)22-27(8)31(24(3)4)20-17-21-38(11,12)13/h14,16-20,33,35-36H,1,3,5,15,21-23H2,2,4,6-13H3/b20-17-,30-28-,31-27-. The zero-order valence-electron chi connectivity index (χ0n) is 26.5. The fourth-order valence-corrected chi connectivity index (χ4v) is 6.30. The summed E-state index contributed by atoms with van der Waals surface area (Å²) in [5, 5.41) is 0. The highest BCUT2D eigenvalue weighted by molar-refractivity contribution is 5.49. The lowest BCUT2D eigenvalue weighted by molar-refractivity contribution is 0.306. The lowest BCUT2D eigenvalue weighted by Crippen LogP contribution is -2.31. The summed E-state index contributed by atoms with van der Waals surface area (Å²) in [7, 11) is 0. The van der Waals surface area contributed by atoms with Gasteiger partial charge < -0.3 is 0 Å². The number of halogens is 1. The zero-order chi connectivity index (χ0) is 29.7. The van der Waals surface area contributed by atoms with Crippen LogP contribution in [0.25, 0.3) is 0 Å². The minimum absolute atomic E-state index is 0.0342. The van der Waals surface area contributed by atoms with Gasteiger partial charge in [-0.2, -0.15) is 0 Å². The lowest BCUT2D eigenvalue weighted by Gasteiger charge is -2.42. The van der Waals surface area contributed by atoms with E-state index in [9.17, 15) is 0 Å². The highest BCUT2D eigenvalue weighted by atomic mass is 19.1. The number of aryl methyl sites for hydroxylation is 1. The third kappa shape index (κ3) is 7.93. The molecule has 39 heavy (non-hydrogen) atoms. The Morgan fingerprint density at radius 2 is 1.72 bits per heavy atom. The van der Waals surface area contributed by atoms with E-state index in [1.165, 1.54) is 39.0 Å². The molecular formula is C38H53F. The van der Waals surface area contributed by atoms with Gasteiger partial charge in [0, 0.05) is 5.92 Å².